The molecular formula is C10H19N3O2. The molecule has 0 bridgehead atoms. The monoisotopic (exact) mass is 213 g/mol. The molecular weight excluding hydrogens is 194 g/mol. The van der Waals surface area contributed by atoms with E-state index in [1.54, 1.807) is 0 Å². The molecule has 1 rings (SSSR count). The highest BCUT2D eigenvalue weighted by Crippen LogP contribution is 2.28. The molecule has 1 aliphatic carbocycles. The first kappa shape index (κ1) is 11.8. The van der Waals surface area contributed by atoms with Crippen molar-refractivity contribution < 1.29 is 10.0 Å². The Hall–Kier alpha value is -1.26. The van der Waals surface area contributed by atoms with Crippen molar-refractivity contribution in [3.63, 3.8) is 0 Å². The highest BCUT2D eigenvalue weighted by Gasteiger charge is 2.35. The zero-order valence-electron chi connectivity index (χ0n) is 9.31. The van der Waals surface area contributed by atoms with E-state index in [-0.39, 0.29) is 11.7 Å². The zero-order valence-corrected chi connectivity index (χ0v) is 9.31. The Morgan fingerprint density at radius 2 is 2.20 bits per heavy atom. The second kappa shape index (κ2) is 5.00. The highest BCUT2D eigenvalue weighted by atomic mass is 16.4. The van der Waals surface area contributed by atoms with Crippen molar-refractivity contribution in [2.24, 2.45) is 16.8 Å². The average molecular weight is 213 g/mol. The van der Waals surface area contributed by atoms with Crippen molar-refractivity contribution in [1.82, 2.24) is 4.90 Å². The van der Waals surface area contributed by atoms with Gasteiger partial charge in [0.1, 0.15) is 0 Å². The van der Waals surface area contributed by atoms with Gasteiger partial charge in [0.05, 0.1) is 5.92 Å². The lowest BCUT2D eigenvalue weighted by atomic mass is 10.0. The number of carbonyl (C=O) groups is 1. The molecule has 3 N–H and O–H groups in total. The molecule has 1 aliphatic rings. The summed E-state index contributed by atoms with van der Waals surface area (Å²) in [5, 5.41) is 11.5. The van der Waals surface area contributed by atoms with Crippen LogP contribution < -0.4 is 5.73 Å². The Balaban J connectivity index is 2.70. The van der Waals surface area contributed by atoms with Crippen LogP contribution in [0.25, 0.3) is 0 Å². The summed E-state index contributed by atoms with van der Waals surface area (Å²) in [5.74, 6) is -0.477. The maximum Gasteiger partial charge on any atom is 0.233 e. The van der Waals surface area contributed by atoms with E-state index in [0.29, 0.717) is 19.0 Å². The second-order valence-electron chi connectivity index (χ2n) is 3.84. The van der Waals surface area contributed by atoms with E-state index < -0.39 is 5.92 Å². The lowest BCUT2D eigenvalue weighted by molar-refractivity contribution is -0.133. The Kier molecular flexibility index (Phi) is 3.94. The van der Waals surface area contributed by atoms with E-state index in [1.165, 1.54) is 0 Å². The molecule has 0 heterocycles. The molecule has 0 aromatic heterocycles. The van der Waals surface area contributed by atoms with Gasteiger partial charge in [-0.2, -0.15) is 0 Å². The lowest BCUT2D eigenvalue weighted by Gasteiger charge is -2.24. The van der Waals surface area contributed by atoms with E-state index in [2.05, 4.69) is 5.16 Å². The average Bonchev–Trinajstić information content (AvgIpc) is 3.04. The van der Waals surface area contributed by atoms with Crippen LogP contribution in [0.3, 0.4) is 0 Å². The number of nitrogens with zero attached hydrogens (tertiary/aromatic N) is 2. The first-order chi connectivity index (χ1) is 7.15. The molecule has 0 aromatic rings. The maximum absolute atomic E-state index is 12.0. The maximum atomic E-state index is 12.0. The van der Waals surface area contributed by atoms with Gasteiger partial charge in [0.25, 0.3) is 0 Å². The number of amidine groups is 1. The first-order valence-corrected chi connectivity index (χ1v) is 5.43. The summed E-state index contributed by atoms with van der Waals surface area (Å²) >= 11 is 0. The molecule has 1 unspecified atom stereocenters. The topological polar surface area (TPSA) is 78.9 Å². The molecule has 5 nitrogen and oxygen atoms in total. The number of hydrogen-bond acceptors (Lipinski definition) is 3. The summed E-state index contributed by atoms with van der Waals surface area (Å²) in [5.41, 5.74) is 5.49. The van der Waals surface area contributed by atoms with Crippen LogP contribution in [0.1, 0.15) is 33.1 Å². The predicted molar refractivity (Wildman–Crippen MR) is 57.6 cm³/mol. The van der Waals surface area contributed by atoms with Crippen LogP contribution in [0.2, 0.25) is 0 Å². The fourth-order valence-corrected chi connectivity index (χ4v) is 1.76. The van der Waals surface area contributed by atoms with Gasteiger partial charge < -0.3 is 15.8 Å². The summed E-state index contributed by atoms with van der Waals surface area (Å²) in [6.07, 6.45) is 2.72. The van der Waals surface area contributed by atoms with E-state index in [1.807, 2.05) is 18.7 Å². The van der Waals surface area contributed by atoms with Gasteiger partial charge in [-0.15, -0.1) is 0 Å². The normalized spacial score (nSPS) is 18.7. The minimum atomic E-state index is -0.476. The van der Waals surface area contributed by atoms with E-state index in [0.717, 1.165) is 12.8 Å². The first-order valence-electron chi connectivity index (χ1n) is 5.43. The number of carbonyl (C=O) groups excluding carboxylic acids is 1. The van der Waals surface area contributed by atoms with Crippen LogP contribution in [0, 0.1) is 5.92 Å². The standard InChI is InChI=1S/C10H19N3O2/c1-3-8(9(11)12-15)10(14)13(4-2)7-5-6-7/h7-8,15H,3-6H2,1-2H3,(H2,11,12). The van der Waals surface area contributed by atoms with E-state index >= 15 is 0 Å². The Bertz CT molecular complexity index is 261. The molecule has 0 saturated heterocycles. The van der Waals surface area contributed by atoms with Crippen LogP contribution in [-0.4, -0.2) is 34.4 Å². The molecule has 5 heteroatoms. The summed E-state index contributed by atoms with van der Waals surface area (Å²) in [7, 11) is 0. The minimum absolute atomic E-state index is 0.0154. The third-order valence-electron chi connectivity index (χ3n) is 2.79. The van der Waals surface area contributed by atoms with Gasteiger partial charge >= 0.3 is 0 Å². The van der Waals surface area contributed by atoms with E-state index in [9.17, 15) is 4.79 Å². The molecule has 86 valence electrons. The van der Waals surface area contributed by atoms with Crippen molar-refractivity contribution in [2.75, 3.05) is 6.54 Å². The molecule has 1 saturated carbocycles. The van der Waals surface area contributed by atoms with E-state index in [4.69, 9.17) is 10.9 Å². The summed E-state index contributed by atoms with van der Waals surface area (Å²) in [6.45, 7) is 4.51. The molecule has 1 amide bonds. The van der Waals surface area contributed by atoms with Crippen molar-refractivity contribution in [3.05, 3.63) is 0 Å². The predicted octanol–water partition coefficient (Wildman–Crippen LogP) is 0.770. The van der Waals surface area contributed by atoms with Crippen LogP contribution in [0.5, 0.6) is 0 Å². The smallest absolute Gasteiger partial charge is 0.233 e. The molecule has 15 heavy (non-hydrogen) atoms. The van der Waals surface area contributed by atoms with Gasteiger partial charge in [-0.25, -0.2) is 0 Å². The summed E-state index contributed by atoms with van der Waals surface area (Å²) < 4.78 is 0. The van der Waals surface area contributed by atoms with Crippen LogP contribution >= 0.6 is 0 Å². The van der Waals surface area contributed by atoms with Gasteiger partial charge in [0.2, 0.25) is 5.91 Å². The van der Waals surface area contributed by atoms with Crippen LogP contribution in [0.15, 0.2) is 5.16 Å². The third-order valence-corrected chi connectivity index (χ3v) is 2.79. The van der Waals surface area contributed by atoms with Gasteiger partial charge in [0.15, 0.2) is 5.84 Å². The van der Waals surface area contributed by atoms with Gasteiger partial charge in [-0.3, -0.25) is 4.79 Å². The number of amides is 1. The Morgan fingerprint density at radius 1 is 1.60 bits per heavy atom. The second-order valence-corrected chi connectivity index (χ2v) is 3.84. The SMILES string of the molecule is CCC(C(=O)N(CC)C1CC1)C(N)=NO. The van der Waals surface area contributed by atoms with Gasteiger partial charge in [-0.1, -0.05) is 12.1 Å². The highest BCUT2D eigenvalue weighted by molar-refractivity contribution is 6.02. The fraction of sp³-hybridized carbons (Fsp3) is 0.800. The van der Waals surface area contributed by atoms with Gasteiger partial charge in [-0.05, 0) is 26.2 Å². The van der Waals surface area contributed by atoms with Crippen molar-refractivity contribution >= 4 is 11.7 Å². The summed E-state index contributed by atoms with van der Waals surface area (Å²) in [6, 6.07) is 0.378. The molecule has 1 fully saturated rings. The number of hydrogen-bond donors (Lipinski definition) is 2. The van der Waals surface area contributed by atoms with Crippen LogP contribution in [-0.2, 0) is 4.79 Å². The molecule has 1 atom stereocenters. The number of rotatable bonds is 5. The number of nitrogens with two attached hydrogens (primary N) is 1. The zero-order chi connectivity index (χ0) is 11.4. The Labute approximate surface area is 89.9 Å². The van der Waals surface area contributed by atoms with Crippen molar-refractivity contribution in [1.29, 1.82) is 0 Å². The van der Waals surface area contributed by atoms with Gasteiger partial charge in [0, 0.05) is 12.6 Å². The largest absolute Gasteiger partial charge is 0.409 e. The van der Waals surface area contributed by atoms with Crippen LogP contribution in [0.4, 0.5) is 0 Å². The Morgan fingerprint density at radius 3 is 2.53 bits per heavy atom. The molecule has 0 radical (unpaired) electrons. The van der Waals surface area contributed by atoms with Crippen molar-refractivity contribution in [3.8, 4) is 0 Å². The quantitative estimate of drug-likeness (QED) is 0.306. The summed E-state index contributed by atoms with van der Waals surface area (Å²) in [4.78, 5) is 13.9. The minimum Gasteiger partial charge on any atom is -0.409 e. The van der Waals surface area contributed by atoms with Crippen molar-refractivity contribution in [2.45, 2.75) is 39.2 Å². The number of oxime groups is 1. The molecule has 0 aromatic carbocycles. The third kappa shape index (κ3) is 2.61. The fourth-order valence-electron chi connectivity index (χ4n) is 1.76. The molecule has 0 spiro atoms. The lowest BCUT2D eigenvalue weighted by Crippen LogP contribution is -2.42. The molecule has 0 aliphatic heterocycles.